The molecule has 0 saturated heterocycles. The molecule has 0 unspecified atom stereocenters. The fourth-order valence-corrected chi connectivity index (χ4v) is 1.41. The van der Waals surface area contributed by atoms with E-state index in [-0.39, 0.29) is 30.5 Å². The maximum absolute atomic E-state index is 11.1. The predicted octanol–water partition coefficient (Wildman–Crippen LogP) is 1.78. The van der Waals surface area contributed by atoms with Crippen LogP contribution in [0.1, 0.15) is 24.9 Å². The van der Waals surface area contributed by atoms with Crippen molar-refractivity contribution in [2.45, 2.75) is 19.4 Å². The van der Waals surface area contributed by atoms with E-state index in [0.717, 1.165) is 5.56 Å². The van der Waals surface area contributed by atoms with Crippen molar-refractivity contribution < 1.29 is 19.4 Å². The highest BCUT2D eigenvalue weighted by atomic mass is 35.5. The van der Waals surface area contributed by atoms with E-state index in [1.807, 2.05) is 6.92 Å². The Morgan fingerprint density at radius 2 is 2.17 bits per heavy atom. The Hall–Kier alpha value is -1.46. The van der Waals surface area contributed by atoms with E-state index in [0.29, 0.717) is 12.4 Å². The van der Waals surface area contributed by atoms with E-state index in [1.54, 1.807) is 12.1 Å². The fourth-order valence-electron chi connectivity index (χ4n) is 1.41. The molecule has 0 fully saturated rings. The first-order valence-corrected chi connectivity index (χ1v) is 5.36. The lowest BCUT2D eigenvalue weighted by Crippen LogP contribution is -2.16. The first-order valence-electron chi connectivity index (χ1n) is 5.36. The number of halogens is 1. The number of esters is 1. The summed E-state index contributed by atoms with van der Waals surface area (Å²) in [7, 11) is 1.32. The molecule has 0 aliphatic rings. The standard InChI is InChI=1S/C12H17NO4.ClH/c1-3-17-11-6-8(4-5-10(11)14)9(13)7-12(15)16-2;/h4-6,9,14H,3,7,13H2,1-2H3;1H/t9-;/m0./s1. The van der Waals surface area contributed by atoms with Crippen LogP contribution in [0.3, 0.4) is 0 Å². The van der Waals surface area contributed by atoms with Gasteiger partial charge in [0.05, 0.1) is 20.1 Å². The lowest BCUT2D eigenvalue weighted by atomic mass is 10.0. The average Bonchev–Trinajstić information content (AvgIpc) is 2.32. The van der Waals surface area contributed by atoms with Gasteiger partial charge in [-0.05, 0) is 24.6 Å². The third-order valence-corrected chi connectivity index (χ3v) is 2.33. The zero-order chi connectivity index (χ0) is 12.8. The molecule has 0 saturated carbocycles. The third kappa shape index (κ3) is 4.43. The molecule has 18 heavy (non-hydrogen) atoms. The maximum Gasteiger partial charge on any atom is 0.307 e. The number of carbonyl (C=O) groups is 1. The predicted molar refractivity (Wildman–Crippen MR) is 70.1 cm³/mol. The van der Waals surface area contributed by atoms with Crippen LogP contribution in [0.5, 0.6) is 11.5 Å². The van der Waals surface area contributed by atoms with E-state index in [9.17, 15) is 9.90 Å². The quantitative estimate of drug-likeness (QED) is 0.801. The number of carbonyl (C=O) groups excluding carboxylic acids is 1. The zero-order valence-corrected chi connectivity index (χ0v) is 11.2. The van der Waals surface area contributed by atoms with Crippen LogP contribution in [-0.4, -0.2) is 24.8 Å². The second-order valence-corrected chi connectivity index (χ2v) is 3.55. The van der Waals surface area contributed by atoms with Crippen molar-refractivity contribution in [1.29, 1.82) is 0 Å². The Balaban J connectivity index is 0.00000289. The SMILES string of the molecule is CCOc1cc([C@@H](N)CC(=O)OC)ccc1O.Cl. The summed E-state index contributed by atoms with van der Waals surface area (Å²) in [5.41, 5.74) is 6.57. The number of phenols is 1. The average molecular weight is 276 g/mol. The van der Waals surface area contributed by atoms with Gasteiger partial charge in [0.25, 0.3) is 0 Å². The molecule has 0 spiro atoms. The summed E-state index contributed by atoms with van der Waals surface area (Å²) in [6.07, 6.45) is 0.0901. The summed E-state index contributed by atoms with van der Waals surface area (Å²) < 4.78 is 9.78. The molecule has 0 radical (unpaired) electrons. The van der Waals surface area contributed by atoms with Crippen LogP contribution < -0.4 is 10.5 Å². The lowest BCUT2D eigenvalue weighted by Gasteiger charge is -2.13. The van der Waals surface area contributed by atoms with E-state index >= 15 is 0 Å². The van der Waals surface area contributed by atoms with Crippen molar-refractivity contribution in [2.24, 2.45) is 5.73 Å². The highest BCUT2D eigenvalue weighted by Gasteiger charge is 2.14. The number of ether oxygens (including phenoxy) is 2. The maximum atomic E-state index is 11.1. The van der Waals surface area contributed by atoms with Gasteiger partial charge in [0, 0.05) is 6.04 Å². The minimum absolute atomic E-state index is 0. The molecule has 1 aromatic carbocycles. The molecule has 0 aliphatic carbocycles. The summed E-state index contributed by atoms with van der Waals surface area (Å²) in [4.78, 5) is 11.1. The van der Waals surface area contributed by atoms with Gasteiger partial charge in [-0.3, -0.25) is 4.79 Å². The van der Waals surface area contributed by atoms with Crippen LogP contribution in [0.4, 0.5) is 0 Å². The molecule has 1 aromatic rings. The largest absolute Gasteiger partial charge is 0.504 e. The smallest absolute Gasteiger partial charge is 0.307 e. The number of methoxy groups -OCH3 is 1. The van der Waals surface area contributed by atoms with Crippen LogP contribution in [0, 0.1) is 0 Å². The Kier molecular flexibility index (Phi) is 7.16. The van der Waals surface area contributed by atoms with Crippen LogP contribution in [0.25, 0.3) is 0 Å². The van der Waals surface area contributed by atoms with Crippen molar-refractivity contribution in [3.05, 3.63) is 23.8 Å². The molecule has 0 aliphatic heterocycles. The van der Waals surface area contributed by atoms with Crippen molar-refractivity contribution >= 4 is 18.4 Å². The second kappa shape index (κ2) is 7.79. The topological polar surface area (TPSA) is 81.8 Å². The summed E-state index contributed by atoms with van der Waals surface area (Å²) in [5, 5.41) is 9.52. The number of aromatic hydroxyl groups is 1. The van der Waals surface area contributed by atoms with Gasteiger partial charge in [-0.25, -0.2) is 0 Å². The molecular weight excluding hydrogens is 258 g/mol. The van der Waals surface area contributed by atoms with Gasteiger partial charge in [-0.2, -0.15) is 0 Å². The molecule has 1 rings (SSSR count). The summed E-state index contributed by atoms with van der Waals surface area (Å²) in [6.45, 7) is 2.27. The molecule has 3 N–H and O–H groups in total. The molecule has 0 amide bonds. The number of hydrogen-bond donors (Lipinski definition) is 2. The number of rotatable bonds is 5. The lowest BCUT2D eigenvalue weighted by molar-refractivity contribution is -0.141. The van der Waals surface area contributed by atoms with Gasteiger partial charge >= 0.3 is 5.97 Å². The molecular formula is C12H18ClNO4. The molecule has 0 aromatic heterocycles. The molecule has 1 atom stereocenters. The van der Waals surface area contributed by atoms with Crippen LogP contribution in [0.15, 0.2) is 18.2 Å². The highest BCUT2D eigenvalue weighted by molar-refractivity contribution is 5.85. The van der Waals surface area contributed by atoms with E-state index < -0.39 is 6.04 Å². The number of phenolic OH excluding ortho intramolecular Hbond substituents is 1. The Labute approximate surface area is 112 Å². The summed E-state index contributed by atoms with van der Waals surface area (Å²) in [6, 6.07) is 4.32. The minimum atomic E-state index is -0.470. The monoisotopic (exact) mass is 275 g/mol. The third-order valence-electron chi connectivity index (χ3n) is 2.33. The van der Waals surface area contributed by atoms with Gasteiger partial charge in [0.15, 0.2) is 11.5 Å². The normalized spacial score (nSPS) is 11.3. The van der Waals surface area contributed by atoms with Crippen LogP contribution in [-0.2, 0) is 9.53 Å². The Morgan fingerprint density at radius 3 is 2.72 bits per heavy atom. The second-order valence-electron chi connectivity index (χ2n) is 3.55. The van der Waals surface area contributed by atoms with Gasteiger partial charge in [0.2, 0.25) is 0 Å². The Bertz CT molecular complexity index is 398. The van der Waals surface area contributed by atoms with Gasteiger partial charge in [0.1, 0.15) is 0 Å². The Morgan fingerprint density at radius 1 is 1.50 bits per heavy atom. The van der Waals surface area contributed by atoms with Crippen LogP contribution >= 0.6 is 12.4 Å². The molecule has 102 valence electrons. The summed E-state index contributed by atoms with van der Waals surface area (Å²) in [5.74, 6) is 0.0507. The van der Waals surface area contributed by atoms with Crippen molar-refractivity contribution in [1.82, 2.24) is 0 Å². The number of nitrogens with two attached hydrogens (primary N) is 1. The first-order chi connectivity index (χ1) is 8.08. The van der Waals surface area contributed by atoms with E-state index in [2.05, 4.69) is 4.74 Å². The highest BCUT2D eigenvalue weighted by Crippen LogP contribution is 2.29. The minimum Gasteiger partial charge on any atom is -0.504 e. The number of hydrogen-bond acceptors (Lipinski definition) is 5. The van der Waals surface area contributed by atoms with E-state index in [4.69, 9.17) is 10.5 Å². The van der Waals surface area contributed by atoms with Gasteiger partial charge in [-0.1, -0.05) is 6.07 Å². The van der Waals surface area contributed by atoms with Crippen molar-refractivity contribution in [2.75, 3.05) is 13.7 Å². The van der Waals surface area contributed by atoms with E-state index in [1.165, 1.54) is 13.2 Å². The summed E-state index contributed by atoms with van der Waals surface area (Å²) >= 11 is 0. The first kappa shape index (κ1) is 16.5. The van der Waals surface area contributed by atoms with Gasteiger partial charge in [-0.15, -0.1) is 12.4 Å². The van der Waals surface area contributed by atoms with Gasteiger partial charge < -0.3 is 20.3 Å². The zero-order valence-electron chi connectivity index (χ0n) is 10.4. The molecule has 5 nitrogen and oxygen atoms in total. The fraction of sp³-hybridized carbons (Fsp3) is 0.417. The number of benzene rings is 1. The molecule has 0 bridgehead atoms. The molecule has 0 heterocycles. The van der Waals surface area contributed by atoms with Crippen molar-refractivity contribution in [3.63, 3.8) is 0 Å². The van der Waals surface area contributed by atoms with Crippen molar-refractivity contribution in [3.8, 4) is 11.5 Å². The molecule has 6 heteroatoms. The van der Waals surface area contributed by atoms with Crippen LogP contribution in [0.2, 0.25) is 0 Å².